The number of fused-ring (bicyclic) bond motifs is 1. The van der Waals surface area contributed by atoms with Gasteiger partial charge in [-0.15, -0.1) is 0 Å². The molecule has 2 rings (SSSR count). The Morgan fingerprint density at radius 2 is 2.29 bits per heavy atom. The lowest BCUT2D eigenvalue weighted by Crippen LogP contribution is -2.43. The SMILES string of the molecule is O=C(O)C1=CCN2C=CC=CC2C1=O. The summed E-state index contributed by atoms with van der Waals surface area (Å²) in [6.07, 6.45) is 8.52. The van der Waals surface area contributed by atoms with E-state index >= 15 is 0 Å². The van der Waals surface area contributed by atoms with Crippen molar-refractivity contribution in [2.75, 3.05) is 6.54 Å². The van der Waals surface area contributed by atoms with E-state index in [1.54, 1.807) is 23.3 Å². The zero-order chi connectivity index (χ0) is 10.1. The number of allylic oxidation sites excluding steroid dienone is 2. The van der Waals surface area contributed by atoms with Crippen LogP contribution in [0.3, 0.4) is 0 Å². The average molecular weight is 191 g/mol. The van der Waals surface area contributed by atoms with Crippen LogP contribution in [0.15, 0.2) is 36.1 Å². The van der Waals surface area contributed by atoms with Gasteiger partial charge < -0.3 is 10.0 Å². The molecule has 72 valence electrons. The van der Waals surface area contributed by atoms with Crippen molar-refractivity contribution in [2.45, 2.75) is 6.04 Å². The largest absolute Gasteiger partial charge is 0.478 e. The first-order chi connectivity index (χ1) is 6.70. The Kier molecular flexibility index (Phi) is 1.96. The van der Waals surface area contributed by atoms with Crippen molar-refractivity contribution in [3.63, 3.8) is 0 Å². The molecular formula is C10H9NO3. The van der Waals surface area contributed by atoms with Crippen LogP contribution in [0.2, 0.25) is 0 Å². The summed E-state index contributed by atoms with van der Waals surface area (Å²) in [5.74, 6) is -1.48. The minimum atomic E-state index is -1.14. The minimum Gasteiger partial charge on any atom is -0.478 e. The fraction of sp³-hybridized carbons (Fsp3) is 0.200. The minimum absolute atomic E-state index is 0.105. The lowest BCUT2D eigenvalue weighted by atomic mass is 9.97. The molecule has 0 saturated heterocycles. The van der Waals surface area contributed by atoms with Crippen molar-refractivity contribution < 1.29 is 14.7 Å². The maximum absolute atomic E-state index is 11.6. The van der Waals surface area contributed by atoms with Crippen molar-refractivity contribution in [3.8, 4) is 0 Å². The van der Waals surface area contributed by atoms with Gasteiger partial charge in [0.15, 0.2) is 5.78 Å². The number of aliphatic carboxylic acids is 1. The molecule has 0 spiro atoms. The molecule has 0 amide bonds. The van der Waals surface area contributed by atoms with Gasteiger partial charge in [-0.3, -0.25) is 4.79 Å². The topological polar surface area (TPSA) is 57.6 Å². The number of carbonyl (C=O) groups is 2. The van der Waals surface area contributed by atoms with Gasteiger partial charge in [0.25, 0.3) is 0 Å². The molecule has 0 aliphatic carbocycles. The van der Waals surface area contributed by atoms with Gasteiger partial charge in [0.05, 0.1) is 0 Å². The van der Waals surface area contributed by atoms with E-state index in [1.807, 2.05) is 6.08 Å². The fourth-order valence-electron chi connectivity index (χ4n) is 1.59. The van der Waals surface area contributed by atoms with Gasteiger partial charge in [-0.1, -0.05) is 12.2 Å². The Labute approximate surface area is 80.8 Å². The lowest BCUT2D eigenvalue weighted by molar-refractivity contribution is -0.135. The molecule has 2 heterocycles. The Morgan fingerprint density at radius 3 is 3.00 bits per heavy atom. The second-order valence-electron chi connectivity index (χ2n) is 3.16. The van der Waals surface area contributed by atoms with Crippen LogP contribution in [0.1, 0.15) is 0 Å². The van der Waals surface area contributed by atoms with E-state index in [-0.39, 0.29) is 11.4 Å². The molecule has 1 unspecified atom stereocenters. The molecule has 0 radical (unpaired) electrons. The quantitative estimate of drug-likeness (QED) is 0.607. The van der Waals surface area contributed by atoms with E-state index in [0.29, 0.717) is 6.54 Å². The highest BCUT2D eigenvalue weighted by molar-refractivity contribution is 6.19. The second kappa shape index (κ2) is 3.14. The maximum Gasteiger partial charge on any atom is 0.339 e. The fourth-order valence-corrected chi connectivity index (χ4v) is 1.59. The predicted octanol–water partition coefficient (Wildman–Crippen LogP) is 0.334. The number of rotatable bonds is 1. The standard InChI is InChI=1S/C10H9NO3/c12-9-7(10(13)14)4-6-11-5-2-1-3-8(9)11/h1-5,8H,6H2,(H,13,14). The molecule has 2 aliphatic rings. The molecule has 1 N–H and O–H groups in total. The van der Waals surface area contributed by atoms with Crippen LogP contribution in [0, 0.1) is 0 Å². The Hall–Kier alpha value is -1.84. The summed E-state index contributed by atoms with van der Waals surface area (Å²) in [7, 11) is 0. The number of carboxylic acids is 1. The normalized spacial score (nSPS) is 24.6. The van der Waals surface area contributed by atoms with Gasteiger partial charge in [-0.25, -0.2) is 4.79 Å². The van der Waals surface area contributed by atoms with Crippen LogP contribution in [0.5, 0.6) is 0 Å². The first-order valence-corrected chi connectivity index (χ1v) is 4.28. The van der Waals surface area contributed by atoms with Crippen LogP contribution in [-0.2, 0) is 9.59 Å². The van der Waals surface area contributed by atoms with Crippen LogP contribution in [-0.4, -0.2) is 34.3 Å². The summed E-state index contributed by atoms with van der Waals surface area (Å²) < 4.78 is 0. The van der Waals surface area contributed by atoms with Gasteiger partial charge in [0.1, 0.15) is 11.6 Å². The summed E-state index contributed by atoms with van der Waals surface area (Å²) in [6, 6.07) is -0.434. The van der Waals surface area contributed by atoms with E-state index in [1.165, 1.54) is 6.08 Å². The summed E-state index contributed by atoms with van der Waals surface area (Å²) in [4.78, 5) is 24.1. The number of ketones is 1. The molecule has 14 heavy (non-hydrogen) atoms. The average Bonchev–Trinajstić information content (AvgIpc) is 2.18. The number of Topliss-reactive ketones (excluding diaryl/α,β-unsaturated/α-hetero) is 1. The van der Waals surface area contributed by atoms with Gasteiger partial charge >= 0.3 is 5.97 Å². The van der Waals surface area contributed by atoms with Crippen LogP contribution >= 0.6 is 0 Å². The third kappa shape index (κ3) is 1.25. The molecular weight excluding hydrogens is 182 g/mol. The number of hydrogen-bond acceptors (Lipinski definition) is 3. The molecule has 0 fully saturated rings. The number of nitrogens with zero attached hydrogens (tertiary/aromatic N) is 1. The van der Waals surface area contributed by atoms with Crippen molar-refractivity contribution in [1.82, 2.24) is 4.90 Å². The highest BCUT2D eigenvalue weighted by atomic mass is 16.4. The van der Waals surface area contributed by atoms with Gasteiger partial charge in [0.2, 0.25) is 0 Å². The smallest absolute Gasteiger partial charge is 0.339 e. The third-order valence-electron chi connectivity index (χ3n) is 2.31. The van der Waals surface area contributed by atoms with Crippen molar-refractivity contribution in [3.05, 3.63) is 36.1 Å². The van der Waals surface area contributed by atoms with Gasteiger partial charge in [-0.05, 0) is 12.2 Å². The highest BCUT2D eigenvalue weighted by Gasteiger charge is 2.31. The van der Waals surface area contributed by atoms with Crippen molar-refractivity contribution in [2.24, 2.45) is 0 Å². The number of carbonyl (C=O) groups excluding carboxylic acids is 1. The molecule has 2 aliphatic heterocycles. The van der Waals surface area contributed by atoms with Crippen molar-refractivity contribution >= 4 is 11.8 Å². The van der Waals surface area contributed by atoms with Crippen LogP contribution in [0.25, 0.3) is 0 Å². The number of hydrogen-bond donors (Lipinski definition) is 1. The molecule has 0 aromatic rings. The molecule has 0 aromatic carbocycles. The van der Waals surface area contributed by atoms with E-state index in [4.69, 9.17) is 5.11 Å². The van der Waals surface area contributed by atoms with Crippen molar-refractivity contribution in [1.29, 1.82) is 0 Å². The van der Waals surface area contributed by atoms with Gasteiger partial charge in [0, 0.05) is 12.7 Å². The zero-order valence-electron chi connectivity index (χ0n) is 7.38. The van der Waals surface area contributed by atoms with E-state index in [0.717, 1.165) is 0 Å². The first-order valence-electron chi connectivity index (χ1n) is 4.28. The molecule has 0 saturated carbocycles. The van der Waals surface area contributed by atoms with E-state index in [9.17, 15) is 9.59 Å². The molecule has 4 nitrogen and oxygen atoms in total. The second-order valence-corrected chi connectivity index (χ2v) is 3.16. The Bertz CT molecular complexity index is 379. The highest BCUT2D eigenvalue weighted by Crippen LogP contribution is 2.18. The third-order valence-corrected chi connectivity index (χ3v) is 2.31. The summed E-state index contributed by atoms with van der Waals surface area (Å²) in [5.41, 5.74) is -0.105. The molecule has 1 atom stereocenters. The first kappa shape index (κ1) is 8.74. The van der Waals surface area contributed by atoms with Crippen LogP contribution in [0.4, 0.5) is 0 Å². The molecule has 0 aromatic heterocycles. The molecule has 0 bridgehead atoms. The summed E-state index contributed by atoms with van der Waals surface area (Å²) >= 11 is 0. The van der Waals surface area contributed by atoms with E-state index in [2.05, 4.69) is 0 Å². The summed E-state index contributed by atoms with van der Waals surface area (Å²) in [6.45, 7) is 0.471. The predicted molar refractivity (Wildman–Crippen MR) is 49.5 cm³/mol. The van der Waals surface area contributed by atoms with Crippen LogP contribution < -0.4 is 0 Å². The van der Waals surface area contributed by atoms with Gasteiger partial charge in [-0.2, -0.15) is 0 Å². The Morgan fingerprint density at radius 1 is 1.50 bits per heavy atom. The maximum atomic E-state index is 11.6. The lowest BCUT2D eigenvalue weighted by Gasteiger charge is -2.31. The zero-order valence-corrected chi connectivity index (χ0v) is 7.38. The summed E-state index contributed by atoms with van der Waals surface area (Å²) in [5, 5.41) is 8.75. The Balaban J connectivity index is 2.33. The monoisotopic (exact) mass is 191 g/mol. The van der Waals surface area contributed by atoms with E-state index < -0.39 is 12.0 Å². The number of carboxylic acid groups (broad SMARTS) is 1. The molecule has 4 heteroatoms.